The number of hydrogen-bond acceptors (Lipinski definition) is 3. The van der Waals surface area contributed by atoms with Gasteiger partial charge < -0.3 is 15.2 Å². The predicted octanol–water partition coefficient (Wildman–Crippen LogP) is 2.07. The Balaban J connectivity index is 1.57. The van der Waals surface area contributed by atoms with Crippen LogP contribution < -0.4 is 16.2 Å². The second-order valence-electron chi connectivity index (χ2n) is 7.37. The second kappa shape index (κ2) is 6.11. The third-order valence-corrected chi connectivity index (χ3v) is 5.74. The van der Waals surface area contributed by atoms with Gasteiger partial charge in [0.05, 0.1) is 0 Å². The third kappa shape index (κ3) is 2.82. The molecular formula is C18H25N3O2. The molecule has 4 rings (SSSR count). The highest BCUT2D eigenvalue weighted by atomic mass is 16.2. The fourth-order valence-electron chi connectivity index (χ4n) is 4.49. The molecule has 23 heavy (non-hydrogen) atoms. The summed E-state index contributed by atoms with van der Waals surface area (Å²) in [6.07, 6.45) is 6.54. The van der Waals surface area contributed by atoms with Crippen molar-refractivity contribution in [1.82, 2.24) is 9.88 Å². The van der Waals surface area contributed by atoms with Crippen molar-refractivity contribution in [2.45, 2.75) is 51.0 Å². The van der Waals surface area contributed by atoms with Gasteiger partial charge in [-0.05, 0) is 43.9 Å². The summed E-state index contributed by atoms with van der Waals surface area (Å²) in [5.74, 6) is 1.06. The minimum atomic E-state index is -0.0248. The van der Waals surface area contributed by atoms with Gasteiger partial charge in [0.2, 0.25) is 5.91 Å². The zero-order valence-corrected chi connectivity index (χ0v) is 13.5. The standard InChI is InChI=1S/C18H25N3O2/c22-17(13-4-2-1-3-5-13)20-15-6-7-16-14-8-12(9-19-10-14)11-21(16)18(15)23/h6-7,12-14,19H,1-5,8-11H2,(H,20,22)/t12-,14+/m0/s1. The Hall–Kier alpha value is -1.62. The first-order chi connectivity index (χ1) is 11.2. The summed E-state index contributed by atoms with van der Waals surface area (Å²) in [5, 5.41) is 6.36. The van der Waals surface area contributed by atoms with Gasteiger partial charge in [-0.3, -0.25) is 9.59 Å². The third-order valence-electron chi connectivity index (χ3n) is 5.74. The van der Waals surface area contributed by atoms with E-state index in [4.69, 9.17) is 0 Å². The lowest BCUT2D eigenvalue weighted by Gasteiger charge is -2.37. The summed E-state index contributed by atoms with van der Waals surface area (Å²) in [4.78, 5) is 25.2. The molecule has 2 aliphatic heterocycles. The maximum absolute atomic E-state index is 12.8. The van der Waals surface area contributed by atoms with Gasteiger partial charge in [-0.15, -0.1) is 0 Å². The largest absolute Gasteiger partial charge is 0.321 e. The van der Waals surface area contributed by atoms with E-state index in [1.165, 1.54) is 12.8 Å². The molecule has 3 aliphatic rings. The summed E-state index contributed by atoms with van der Waals surface area (Å²) in [6.45, 7) is 2.70. The van der Waals surface area contributed by atoms with E-state index in [-0.39, 0.29) is 17.4 Å². The van der Waals surface area contributed by atoms with Crippen LogP contribution in [0, 0.1) is 11.8 Å². The topological polar surface area (TPSA) is 63.1 Å². The zero-order chi connectivity index (χ0) is 15.8. The predicted molar refractivity (Wildman–Crippen MR) is 89.6 cm³/mol. The van der Waals surface area contributed by atoms with Crippen molar-refractivity contribution >= 4 is 11.6 Å². The molecule has 2 bridgehead atoms. The number of pyridine rings is 1. The normalized spacial score (nSPS) is 27.3. The van der Waals surface area contributed by atoms with Crippen molar-refractivity contribution in [3.05, 3.63) is 28.2 Å². The van der Waals surface area contributed by atoms with Crippen LogP contribution in [0.2, 0.25) is 0 Å². The number of carbonyl (C=O) groups is 1. The van der Waals surface area contributed by atoms with Gasteiger partial charge in [-0.2, -0.15) is 0 Å². The van der Waals surface area contributed by atoms with Gasteiger partial charge in [0, 0.05) is 30.6 Å². The van der Waals surface area contributed by atoms with Crippen molar-refractivity contribution in [3.8, 4) is 0 Å². The molecule has 2 fully saturated rings. The van der Waals surface area contributed by atoms with Crippen molar-refractivity contribution in [3.63, 3.8) is 0 Å². The number of carbonyl (C=O) groups excluding carboxylic acids is 1. The summed E-state index contributed by atoms with van der Waals surface area (Å²) < 4.78 is 1.90. The number of nitrogens with zero attached hydrogens (tertiary/aromatic N) is 1. The Labute approximate surface area is 136 Å². The highest BCUT2D eigenvalue weighted by molar-refractivity contribution is 5.92. The number of piperidine rings is 1. The van der Waals surface area contributed by atoms with Gasteiger partial charge in [0.15, 0.2) is 0 Å². The van der Waals surface area contributed by atoms with Crippen LogP contribution in [0.3, 0.4) is 0 Å². The molecule has 124 valence electrons. The van der Waals surface area contributed by atoms with E-state index >= 15 is 0 Å². The highest BCUT2D eigenvalue weighted by Crippen LogP contribution is 2.32. The molecule has 1 saturated heterocycles. The van der Waals surface area contributed by atoms with Crippen LogP contribution in [-0.4, -0.2) is 23.6 Å². The van der Waals surface area contributed by atoms with E-state index in [2.05, 4.69) is 10.6 Å². The van der Waals surface area contributed by atoms with Gasteiger partial charge in [-0.1, -0.05) is 19.3 Å². The minimum absolute atomic E-state index is 0.0248. The van der Waals surface area contributed by atoms with E-state index in [0.29, 0.717) is 17.5 Å². The number of fused-ring (bicyclic) bond motifs is 4. The number of amides is 1. The lowest BCUT2D eigenvalue weighted by Crippen LogP contribution is -2.45. The van der Waals surface area contributed by atoms with Crippen LogP contribution in [0.25, 0.3) is 0 Å². The van der Waals surface area contributed by atoms with E-state index in [1.54, 1.807) is 0 Å². The molecule has 3 heterocycles. The highest BCUT2D eigenvalue weighted by Gasteiger charge is 2.31. The van der Waals surface area contributed by atoms with Crippen molar-refractivity contribution < 1.29 is 4.79 Å². The average Bonchev–Trinajstić information content (AvgIpc) is 2.59. The molecule has 0 unspecified atom stereocenters. The molecule has 1 aliphatic carbocycles. The van der Waals surface area contributed by atoms with Gasteiger partial charge in [0.25, 0.3) is 5.56 Å². The lowest BCUT2D eigenvalue weighted by atomic mass is 9.84. The molecule has 0 radical (unpaired) electrons. The Bertz CT molecular complexity index is 661. The van der Waals surface area contributed by atoms with Crippen LogP contribution in [0.15, 0.2) is 16.9 Å². The van der Waals surface area contributed by atoms with E-state index in [0.717, 1.165) is 51.0 Å². The maximum Gasteiger partial charge on any atom is 0.274 e. The smallest absolute Gasteiger partial charge is 0.274 e. The van der Waals surface area contributed by atoms with Gasteiger partial charge in [0.1, 0.15) is 5.69 Å². The van der Waals surface area contributed by atoms with E-state index in [1.807, 2.05) is 16.7 Å². The van der Waals surface area contributed by atoms with E-state index in [9.17, 15) is 9.59 Å². The van der Waals surface area contributed by atoms with E-state index < -0.39 is 0 Å². The number of hydrogen-bond donors (Lipinski definition) is 2. The van der Waals surface area contributed by atoms with Crippen molar-refractivity contribution in [2.24, 2.45) is 11.8 Å². The molecule has 2 atom stereocenters. The SMILES string of the molecule is O=C(Nc1ccc2n(c1=O)C[C@@H]1CNC[C@H]2C1)C1CCCCC1. The van der Waals surface area contributed by atoms with Crippen molar-refractivity contribution in [1.29, 1.82) is 0 Å². The van der Waals surface area contributed by atoms with Gasteiger partial charge >= 0.3 is 0 Å². The first-order valence-electron chi connectivity index (χ1n) is 8.97. The lowest BCUT2D eigenvalue weighted by molar-refractivity contribution is -0.120. The van der Waals surface area contributed by atoms with Crippen LogP contribution in [0.5, 0.6) is 0 Å². The summed E-state index contributed by atoms with van der Waals surface area (Å²) in [7, 11) is 0. The summed E-state index contributed by atoms with van der Waals surface area (Å²) in [5.41, 5.74) is 1.55. The zero-order valence-electron chi connectivity index (χ0n) is 13.5. The molecule has 1 aromatic rings. The quantitative estimate of drug-likeness (QED) is 0.878. The number of nitrogens with one attached hydrogen (secondary N) is 2. The average molecular weight is 315 g/mol. The van der Waals surface area contributed by atoms with Gasteiger partial charge in [-0.25, -0.2) is 0 Å². The van der Waals surface area contributed by atoms with Crippen LogP contribution >= 0.6 is 0 Å². The first-order valence-corrected chi connectivity index (χ1v) is 8.97. The number of anilines is 1. The summed E-state index contributed by atoms with van der Waals surface area (Å²) >= 11 is 0. The Morgan fingerprint density at radius 2 is 2.00 bits per heavy atom. The van der Waals surface area contributed by atoms with Crippen LogP contribution in [0.4, 0.5) is 5.69 Å². The molecular weight excluding hydrogens is 290 g/mol. The second-order valence-corrected chi connectivity index (χ2v) is 7.37. The fourth-order valence-corrected chi connectivity index (χ4v) is 4.49. The maximum atomic E-state index is 12.8. The summed E-state index contributed by atoms with van der Waals surface area (Å²) in [6, 6.07) is 3.84. The van der Waals surface area contributed by atoms with Crippen LogP contribution in [-0.2, 0) is 11.3 Å². The number of aromatic nitrogens is 1. The number of rotatable bonds is 2. The first kappa shape index (κ1) is 14.9. The minimum Gasteiger partial charge on any atom is -0.321 e. The molecule has 2 N–H and O–H groups in total. The molecule has 5 nitrogen and oxygen atoms in total. The molecule has 0 aromatic carbocycles. The fraction of sp³-hybridized carbons (Fsp3) is 0.667. The Morgan fingerprint density at radius 3 is 2.83 bits per heavy atom. The Kier molecular flexibility index (Phi) is 3.97. The monoisotopic (exact) mass is 315 g/mol. The molecule has 0 spiro atoms. The molecule has 5 heteroatoms. The van der Waals surface area contributed by atoms with Crippen molar-refractivity contribution in [2.75, 3.05) is 18.4 Å². The molecule has 1 aromatic heterocycles. The van der Waals surface area contributed by atoms with Crippen LogP contribution in [0.1, 0.15) is 50.1 Å². The molecule has 1 amide bonds. The Morgan fingerprint density at radius 1 is 1.17 bits per heavy atom. The molecule has 1 saturated carbocycles.